The molecule has 0 aliphatic rings. The minimum Gasteiger partial charge on any atom is -0.455 e. The third-order valence-electron chi connectivity index (χ3n) is 3.23. The molecule has 0 saturated carbocycles. The number of benzene rings is 1. The number of amides is 1. The quantitative estimate of drug-likeness (QED) is 0.817. The van der Waals surface area contributed by atoms with Gasteiger partial charge in [-0.1, -0.05) is 31.5 Å². The van der Waals surface area contributed by atoms with Crippen LogP contribution in [0, 0.1) is 5.92 Å². The molecule has 1 aromatic heterocycles. The summed E-state index contributed by atoms with van der Waals surface area (Å²) < 4.78 is 17.8. The fourth-order valence-corrected chi connectivity index (χ4v) is 3.28. The van der Waals surface area contributed by atoms with E-state index in [1.54, 1.807) is 36.4 Å². The lowest BCUT2D eigenvalue weighted by Crippen LogP contribution is -2.24. The van der Waals surface area contributed by atoms with Gasteiger partial charge in [0.25, 0.3) is 5.91 Å². The first-order chi connectivity index (χ1) is 11.0. The van der Waals surface area contributed by atoms with E-state index in [0.717, 1.165) is 6.42 Å². The number of furan rings is 1. The first kappa shape index (κ1) is 17.8. The summed E-state index contributed by atoms with van der Waals surface area (Å²) in [6.07, 6.45) is 0.915. The van der Waals surface area contributed by atoms with Crippen molar-refractivity contribution in [1.29, 1.82) is 0 Å². The highest BCUT2D eigenvalue weighted by atomic mass is 35.5. The topological polar surface area (TPSA) is 59.3 Å². The second kappa shape index (κ2) is 8.31. The Kier molecular flexibility index (Phi) is 6.42. The summed E-state index contributed by atoms with van der Waals surface area (Å²) >= 11 is 5.90. The minimum absolute atomic E-state index is 0.208. The molecule has 4 nitrogen and oxygen atoms in total. The van der Waals surface area contributed by atoms with Gasteiger partial charge in [0.1, 0.15) is 5.76 Å². The van der Waals surface area contributed by atoms with Crippen LogP contribution in [-0.2, 0) is 16.6 Å². The number of halogens is 1. The van der Waals surface area contributed by atoms with Gasteiger partial charge >= 0.3 is 0 Å². The molecule has 1 amide bonds. The zero-order chi connectivity index (χ0) is 16.8. The van der Waals surface area contributed by atoms with Gasteiger partial charge in [0.2, 0.25) is 0 Å². The highest BCUT2D eigenvalue weighted by Crippen LogP contribution is 2.18. The van der Waals surface area contributed by atoms with Crippen molar-refractivity contribution < 1.29 is 13.4 Å². The van der Waals surface area contributed by atoms with E-state index in [0.29, 0.717) is 28.1 Å². The van der Waals surface area contributed by atoms with Crippen molar-refractivity contribution in [3.8, 4) is 0 Å². The van der Waals surface area contributed by atoms with E-state index in [9.17, 15) is 9.00 Å². The molecule has 0 spiro atoms. The molecule has 1 heterocycles. The SMILES string of the molecule is CC(C)CCNC(=O)c1ccc(CS(=O)c2cccc(Cl)c2)o1. The van der Waals surface area contributed by atoms with E-state index in [1.165, 1.54) is 0 Å². The smallest absolute Gasteiger partial charge is 0.286 e. The van der Waals surface area contributed by atoms with Crippen LogP contribution < -0.4 is 5.32 Å². The first-order valence-electron chi connectivity index (χ1n) is 7.46. The maximum atomic E-state index is 12.3. The molecule has 2 aromatic rings. The molecule has 0 aliphatic heterocycles. The fourth-order valence-electron chi connectivity index (χ4n) is 1.96. The lowest BCUT2D eigenvalue weighted by atomic mass is 10.1. The Labute approximate surface area is 143 Å². The number of carbonyl (C=O) groups is 1. The highest BCUT2D eigenvalue weighted by Gasteiger charge is 2.13. The van der Waals surface area contributed by atoms with Crippen LogP contribution in [0.1, 0.15) is 36.6 Å². The molecule has 0 fully saturated rings. The average Bonchev–Trinajstić information content (AvgIpc) is 2.95. The molecule has 0 bridgehead atoms. The predicted octanol–water partition coefficient (Wildman–Crippen LogP) is 4.02. The summed E-state index contributed by atoms with van der Waals surface area (Å²) in [4.78, 5) is 12.6. The molecular formula is C17H20ClNO3S. The van der Waals surface area contributed by atoms with Crippen LogP contribution in [0.25, 0.3) is 0 Å². The number of nitrogens with one attached hydrogen (secondary N) is 1. The molecule has 0 radical (unpaired) electrons. The van der Waals surface area contributed by atoms with Gasteiger partial charge in [-0.05, 0) is 42.7 Å². The van der Waals surface area contributed by atoms with Crippen molar-refractivity contribution in [2.24, 2.45) is 5.92 Å². The first-order valence-corrected chi connectivity index (χ1v) is 9.16. The molecule has 6 heteroatoms. The van der Waals surface area contributed by atoms with Gasteiger partial charge in [0.05, 0.1) is 16.6 Å². The van der Waals surface area contributed by atoms with Gasteiger partial charge in [-0.15, -0.1) is 0 Å². The largest absolute Gasteiger partial charge is 0.455 e. The minimum atomic E-state index is -1.27. The molecule has 1 N–H and O–H groups in total. The van der Waals surface area contributed by atoms with Gasteiger partial charge in [-0.25, -0.2) is 0 Å². The summed E-state index contributed by atoms with van der Waals surface area (Å²) in [5.41, 5.74) is 0. The number of hydrogen-bond acceptors (Lipinski definition) is 3. The molecule has 0 saturated heterocycles. The van der Waals surface area contributed by atoms with E-state index in [2.05, 4.69) is 19.2 Å². The van der Waals surface area contributed by atoms with Gasteiger partial charge in [-0.3, -0.25) is 9.00 Å². The van der Waals surface area contributed by atoms with E-state index < -0.39 is 10.8 Å². The van der Waals surface area contributed by atoms with Crippen molar-refractivity contribution in [1.82, 2.24) is 5.32 Å². The van der Waals surface area contributed by atoms with Gasteiger partial charge < -0.3 is 9.73 Å². The zero-order valence-corrected chi connectivity index (χ0v) is 14.7. The zero-order valence-electron chi connectivity index (χ0n) is 13.2. The number of hydrogen-bond donors (Lipinski definition) is 1. The Bertz CT molecular complexity index is 697. The number of rotatable bonds is 7. The predicted molar refractivity (Wildman–Crippen MR) is 92.1 cm³/mol. The van der Waals surface area contributed by atoms with Crippen LogP contribution in [0.4, 0.5) is 0 Å². The Morgan fingerprint density at radius 2 is 2.09 bits per heavy atom. The fraction of sp³-hybridized carbons (Fsp3) is 0.353. The summed E-state index contributed by atoms with van der Waals surface area (Å²) in [7, 11) is -1.27. The highest BCUT2D eigenvalue weighted by molar-refractivity contribution is 7.84. The van der Waals surface area contributed by atoms with Gasteiger partial charge in [0, 0.05) is 16.5 Å². The normalized spacial score (nSPS) is 12.3. The second-order valence-electron chi connectivity index (χ2n) is 5.65. The maximum Gasteiger partial charge on any atom is 0.286 e. The third kappa shape index (κ3) is 5.52. The van der Waals surface area contributed by atoms with Crippen LogP contribution >= 0.6 is 11.6 Å². The van der Waals surface area contributed by atoms with E-state index in [4.69, 9.17) is 16.0 Å². The Hall–Kier alpha value is -1.59. The molecule has 23 heavy (non-hydrogen) atoms. The Morgan fingerprint density at radius 3 is 2.78 bits per heavy atom. The van der Waals surface area contributed by atoms with Crippen molar-refractivity contribution in [2.45, 2.75) is 30.9 Å². The van der Waals surface area contributed by atoms with Crippen molar-refractivity contribution >= 4 is 28.3 Å². The molecule has 1 aromatic carbocycles. The average molecular weight is 354 g/mol. The lowest BCUT2D eigenvalue weighted by Gasteiger charge is -2.05. The van der Waals surface area contributed by atoms with Crippen LogP contribution in [0.2, 0.25) is 5.02 Å². The third-order valence-corrected chi connectivity index (χ3v) is 4.79. The summed E-state index contributed by atoms with van der Waals surface area (Å²) in [6, 6.07) is 10.2. The summed E-state index contributed by atoms with van der Waals surface area (Å²) in [6.45, 7) is 4.81. The van der Waals surface area contributed by atoms with Crippen LogP contribution in [0.15, 0.2) is 45.7 Å². The van der Waals surface area contributed by atoms with Crippen LogP contribution in [-0.4, -0.2) is 16.7 Å². The maximum absolute atomic E-state index is 12.3. The van der Waals surface area contributed by atoms with Gasteiger partial charge in [-0.2, -0.15) is 0 Å². The lowest BCUT2D eigenvalue weighted by molar-refractivity contribution is 0.0923. The van der Waals surface area contributed by atoms with Crippen LogP contribution in [0.3, 0.4) is 0 Å². The molecule has 124 valence electrons. The summed E-state index contributed by atoms with van der Waals surface area (Å²) in [5.74, 6) is 1.25. The second-order valence-corrected chi connectivity index (χ2v) is 7.54. The monoisotopic (exact) mass is 353 g/mol. The molecule has 2 rings (SSSR count). The molecule has 1 unspecified atom stereocenters. The van der Waals surface area contributed by atoms with E-state index in [1.807, 2.05) is 0 Å². The van der Waals surface area contributed by atoms with E-state index >= 15 is 0 Å². The van der Waals surface area contributed by atoms with Crippen LogP contribution in [0.5, 0.6) is 0 Å². The Morgan fingerprint density at radius 1 is 1.30 bits per heavy atom. The van der Waals surface area contributed by atoms with E-state index in [-0.39, 0.29) is 17.4 Å². The number of carbonyl (C=O) groups excluding carboxylic acids is 1. The Balaban J connectivity index is 1.94. The standard InChI is InChI=1S/C17H20ClNO3S/c1-12(2)8-9-19-17(20)16-7-6-14(22-16)11-23(21)15-5-3-4-13(18)10-15/h3-7,10,12H,8-9,11H2,1-2H3,(H,19,20). The molecule has 0 aliphatic carbocycles. The van der Waals surface area contributed by atoms with Crippen molar-refractivity contribution in [2.75, 3.05) is 6.54 Å². The molecule has 1 atom stereocenters. The summed E-state index contributed by atoms with van der Waals surface area (Å²) in [5, 5.41) is 3.35. The van der Waals surface area contributed by atoms with Crippen molar-refractivity contribution in [3.63, 3.8) is 0 Å². The molecular weight excluding hydrogens is 334 g/mol. The van der Waals surface area contributed by atoms with Crippen molar-refractivity contribution in [3.05, 3.63) is 52.9 Å². The van der Waals surface area contributed by atoms with Gasteiger partial charge in [0.15, 0.2) is 5.76 Å².